The average molecular weight is 1880 g/mol. The fourth-order valence-corrected chi connectivity index (χ4v) is 18.4. The fourth-order valence-electron chi connectivity index (χ4n) is 16.7. The van der Waals surface area contributed by atoms with Gasteiger partial charge in [0.05, 0.1) is 133 Å². The highest BCUT2D eigenvalue weighted by molar-refractivity contribution is 7.53. The number of hydrogen-bond acceptors (Lipinski definition) is 33. The van der Waals surface area contributed by atoms with Gasteiger partial charge in [0.2, 0.25) is 17.7 Å². The van der Waals surface area contributed by atoms with Crippen molar-refractivity contribution in [3.05, 3.63) is 30.5 Å². The van der Waals surface area contributed by atoms with Crippen LogP contribution in [0.4, 0.5) is 0 Å². The Kier molecular flexibility index (Phi) is 49.1. The Labute approximate surface area is 757 Å². The molecule has 0 bridgehead atoms. The van der Waals surface area contributed by atoms with Gasteiger partial charge in [-0.1, -0.05) is 85.3 Å². The van der Waals surface area contributed by atoms with Gasteiger partial charge in [0.25, 0.3) is 0 Å². The van der Waals surface area contributed by atoms with Gasteiger partial charge in [0, 0.05) is 102 Å². The maximum atomic E-state index is 14.6. The first kappa shape index (κ1) is 111. The summed E-state index contributed by atoms with van der Waals surface area (Å²) in [6.45, 7) is 10.2. The number of allylic oxidation sites excluding steroid dienone is 1. The summed E-state index contributed by atoms with van der Waals surface area (Å²) < 4.78 is 93.1. The highest BCUT2D eigenvalue weighted by Gasteiger charge is 2.48. The second-order valence-corrected chi connectivity index (χ2v) is 39.7. The minimum absolute atomic E-state index is 0.0188. The van der Waals surface area contributed by atoms with Gasteiger partial charge in [0.1, 0.15) is 102 Å². The van der Waals surface area contributed by atoms with E-state index in [9.17, 15) is 104 Å². The number of imidazole rings is 1. The summed E-state index contributed by atoms with van der Waals surface area (Å²) in [5.41, 5.74) is -0.0318. The van der Waals surface area contributed by atoms with Crippen LogP contribution in [0.3, 0.4) is 0 Å². The summed E-state index contributed by atoms with van der Waals surface area (Å²) >= 11 is 0. The number of Topliss-reactive ketones (excluding diaryl/α,β-unsaturated/α-hetero) is 4. The van der Waals surface area contributed by atoms with E-state index in [1.54, 1.807) is 25.3 Å². The van der Waals surface area contributed by atoms with Gasteiger partial charge >= 0.3 is 15.4 Å². The summed E-state index contributed by atoms with van der Waals surface area (Å²) in [6.07, 6.45) is 1.08. The predicted molar refractivity (Wildman–Crippen MR) is 467 cm³/mol. The molecule has 7 rings (SSSR count). The third-order valence-corrected chi connectivity index (χ3v) is 27.9. The van der Waals surface area contributed by atoms with E-state index in [4.69, 9.17) is 51.5 Å². The number of amides is 3. The Balaban J connectivity index is 0.953. The van der Waals surface area contributed by atoms with E-state index >= 15 is 0 Å². The number of likely N-dealkylation sites (tertiary alicyclic amines) is 1. The zero-order valence-corrected chi connectivity index (χ0v) is 78.0. The zero-order chi connectivity index (χ0) is 94.4. The maximum Gasteiger partial charge on any atom is 0.472 e. The monoisotopic (exact) mass is 1880 g/mol. The van der Waals surface area contributed by atoms with Crippen molar-refractivity contribution in [2.24, 2.45) is 17.8 Å². The first-order chi connectivity index (χ1) is 61.5. The third-order valence-electron chi connectivity index (χ3n) is 25.1. The number of fused-ring (bicyclic) bond motifs is 1. The minimum atomic E-state index is -5.14. The molecular weight excluding hydrogens is 1730 g/mol. The van der Waals surface area contributed by atoms with Gasteiger partial charge in [-0.15, -0.1) is 0 Å². The van der Waals surface area contributed by atoms with Crippen LogP contribution in [0.1, 0.15) is 252 Å². The standard InChI is InChI=1S/C88H149N7O32P2/c1-56(2)128(113,114)121-50-74-70(43-78(125-74)95-55-92-79-61(7)90-54-91-86(79)95)127-129(115,116)122-49-62-42-67(103)45-94(62)77(106)44-76(105)93-88(51-117-39-34-65(101)28-14-8-12-24-57(3)25-13-9-18-32-68-58(4)80(107)83(110)71(46-96)123-68,52-118-40-35-66(102)29-16-10-15-26-63(99)27-17-11-19-33-69-59(5)81(108)84(111)72(47-97)124-69)53-119-41-36-75(104)89-37-22-20-30-64(100)31-21-23-38-120-87-60(6)82(109)85(112)73(48-98)126-87/h54-56,58-60,62,67-74,78,80-85,87,96-98,103,107-112H,3,8-53H2,1-2,4-7H3,(H,89,104)(H,93,105)(H,113,114)(H,115,116)/t58?,59?,60?,62-,67+,68+,69+,70+,71?,72?,73?,74-,78-,80-,81-,82-,83+,84+,85+,87-,88?/m1/s1. The molecule has 5 aliphatic heterocycles. The van der Waals surface area contributed by atoms with Gasteiger partial charge in [0.15, 0.2) is 11.9 Å². The van der Waals surface area contributed by atoms with Crippen LogP contribution >= 0.6 is 15.4 Å². The summed E-state index contributed by atoms with van der Waals surface area (Å²) in [5.74, 6) is -3.43. The number of β-amino-alcohol motifs (C(OH)–C–C–N with tert-alkyl or cyclic N) is 1. The van der Waals surface area contributed by atoms with Gasteiger partial charge in [-0.05, 0) is 103 Å². The van der Waals surface area contributed by atoms with Gasteiger partial charge in [-0.25, -0.2) is 19.5 Å². The van der Waals surface area contributed by atoms with Gasteiger partial charge in [-0.2, -0.15) is 0 Å². The largest absolute Gasteiger partial charge is 0.472 e. The molecule has 0 radical (unpaired) electrons. The Hall–Kier alpha value is -5.08. The van der Waals surface area contributed by atoms with Crippen LogP contribution in [0.15, 0.2) is 24.8 Å². The highest BCUT2D eigenvalue weighted by Crippen LogP contribution is 2.52. The van der Waals surface area contributed by atoms with E-state index in [0.29, 0.717) is 100 Å². The van der Waals surface area contributed by atoms with E-state index < -0.39 is 188 Å². The van der Waals surface area contributed by atoms with Crippen molar-refractivity contribution in [1.29, 1.82) is 0 Å². The number of carbonyl (C=O) groups is 7. The molecule has 2 aromatic rings. The van der Waals surface area contributed by atoms with Crippen molar-refractivity contribution in [3.8, 4) is 0 Å². The lowest BCUT2D eigenvalue weighted by atomic mass is 9.86. The predicted octanol–water partition coefficient (Wildman–Crippen LogP) is 5.38. The fraction of sp³-hybridized carbons (Fsp3) is 0.841. The number of aliphatic hydroxyl groups is 10. The molecule has 3 amide bonds. The van der Waals surface area contributed by atoms with E-state index in [1.807, 2.05) is 6.92 Å². The number of rotatable bonds is 66. The first-order valence-corrected chi connectivity index (χ1v) is 49.6. The number of carbonyl (C=O) groups excluding carboxylic acids is 7. The van der Waals surface area contributed by atoms with Crippen molar-refractivity contribution in [3.63, 3.8) is 0 Å². The summed E-state index contributed by atoms with van der Waals surface area (Å²) in [6, 6.07) is -1.10. The van der Waals surface area contributed by atoms with Crippen molar-refractivity contribution in [2.75, 3.05) is 92.4 Å². The molecule has 5 fully saturated rings. The SMILES string of the molecule is C=C(CCCCCC(=O)CCOCC(COCCC(=O)CCCCCC(=O)CCCCC[C@@H]1OC(CO)[C@H](O)[C@H](O)C1C)(COCCC(=O)NCCCCC(=O)CCCCO[C@@H]1OC(CO)[C@H](O)[C@H](O)C1C)NC(=O)CC(=O)N1C[C@@H](O)C[C@@H]1COP(=O)(O)O[C@H]1C[C@H](n2cnc3c(C)ncnc32)O[C@@H]1COP(=O)(O)C(C)C)CCCCC[C@@H]1OC(CO)[C@H](O)[C@H](O)C1C. The molecule has 2 aromatic heterocycles. The molecule has 738 valence electrons. The normalized spacial score (nSPS) is 28.1. The molecule has 0 saturated carbocycles. The lowest BCUT2D eigenvalue weighted by molar-refractivity contribution is -0.282. The molecule has 41 heteroatoms. The quantitative estimate of drug-likeness (QED) is 0.0171. The number of ether oxygens (including phenoxy) is 8. The molecule has 7 heterocycles. The average Bonchev–Trinajstić information content (AvgIpc) is 1.64. The summed E-state index contributed by atoms with van der Waals surface area (Å²) in [4.78, 5) is 131. The van der Waals surface area contributed by atoms with E-state index in [0.717, 1.165) is 68.3 Å². The number of unbranched alkanes of at least 4 members (excludes halogenated alkanes) is 10. The Morgan fingerprint density at radius 2 is 1.02 bits per heavy atom. The van der Waals surface area contributed by atoms with Crippen molar-refractivity contribution < 1.29 is 155 Å². The Morgan fingerprint density at radius 3 is 1.54 bits per heavy atom. The van der Waals surface area contributed by atoms with Crippen molar-refractivity contribution in [1.82, 2.24) is 35.1 Å². The number of ketones is 4. The molecule has 5 aliphatic rings. The van der Waals surface area contributed by atoms with Gasteiger partial charge < -0.3 is 119 Å². The molecule has 0 aromatic carbocycles. The Bertz CT molecular complexity index is 3610. The number of aryl methyl sites for hydroxylation is 1. The molecular formula is C88H149N7O32P2. The number of hydrogen-bond donors (Lipinski definition) is 14. The van der Waals surface area contributed by atoms with Crippen LogP contribution in [-0.2, 0) is 94.2 Å². The van der Waals surface area contributed by atoms with Crippen LogP contribution in [0, 0.1) is 24.7 Å². The number of phosphoric ester groups is 1. The lowest BCUT2D eigenvalue weighted by Gasteiger charge is -2.41. The topological polar surface area (TPSA) is 569 Å². The van der Waals surface area contributed by atoms with Crippen LogP contribution < -0.4 is 10.6 Å². The van der Waals surface area contributed by atoms with Gasteiger partial charge in [-0.3, -0.25) is 51.7 Å². The van der Waals surface area contributed by atoms with Crippen LogP contribution in [-0.4, -0.2) is 327 Å². The second-order valence-electron chi connectivity index (χ2n) is 35.9. The van der Waals surface area contributed by atoms with Crippen LogP contribution in [0.25, 0.3) is 11.2 Å². The zero-order valence-electron chi connectivity index (χ0n) is 76.2. The summed E-state index contributed by atoms with van der Waals surface area (Å²) in [7, 11) is -9.35. The van der Waals surface area contributed by atoms with Crippen molar-refractivity contribution >= 4 is 67.4 Å². The lowest BCUT2D eigenvalue weighted by Crippen LogP contribution is -2.59. The molecule has 23 atom stereocenters. The van der Waals surface area contributed by atoms with E-state index in [2.05, 4.69) is 32.2 Å². The third kappa shape index (κ3) is 37.2. The van der Waals surface area contributed by atoms with E-state index in [1.165, 1.54) is 26.5 Å². The Morgan fingerprint density at radius 1 is 0.535 bits per heavy atom. The smallest absolute Gasteiger partial charge is 0.394 e. The number of nitrogens with zero attached hydrogens (tertiary/aromatic N) is 5. The minimum Gasteiger partial charge on any atom is -0.394 e. The molecule has 0 spiro atoms. The molecule has 0 aliphatic carbocycles. The maximum absolute atomic E-state index is 14.6. The molecule has 14 N–H and O–H groups in total. The molecule has 5 saturated heterocycles. The first-order valence-electron chi connectivity index (χ1n) is 46.4. The van der Waals surface area contributed by atoms with Crippen molar-refractivity contribution in [2.45, 2.75) is 362 Å². The summed E-state index contributed by atoms with van der Waals surface area (Å²) in [5, 5.41) is 107. The van der Waals surface area contributed by atoms with Crippen LogP contribution in [0.5, 0.6) is 0 Å². The number of aromatic nitrogens is 4. The van der Waals surface area contributed by atoms with Crippen LogP contribution in [0.2, 0.25) is 0 Å². The molecule has 39 nitrogen and oxygen atoms in total. The number of nitrogens with one attached hydrogen (secondary N) is 2. The highest BCUT2D eigenvalue weighted by atomic mass is 31.2. The van der Waals surface area contributed by atoms with E-state index in [-0.39, 0.29) is 158 Å². The second kappa shape index (κ2) is 57.1. The molecule has 129 heavy (non-hydrogen) atoms. The number of aliphatic hydroxyl groups excluding tert-OH is 10. The molecule has 9 unspecified atom stereocenters. The number of phosphoric acid groups is 1.